The molecule has 0 aliphatic carbocycles. The van der Waals surface area contributed by atoms with E-state index in [-0.39, 0.29) is 24.5 Å². The maximum absolute atomic E-state index is 12.2. The number of aryl methyl sites for hydroxylation is 1. The van der Waals surface area contributed by atoms with Crippen molar-refractivity contribution in [1.82, 2.24) is 9.88 Å². The Morgan fingerprint density at radius 2 is 2.19 bits per heavy atom. The second-order valence-electron chi connectivity index (χ2n) is 4.77. The molecule has 21 heavy (non-hydrogen) atoms. The highest BCUT2D eigenvalue weighted by molar-refractivity contribution is 7.99. The highest BCUT2D eigenvalue weighted by atomic mass is 32.2. The Morgan fingerprint density at radius 1 is 1.48 bits per heavy atom. The van der Waals surface area contributed by atoms with Crippen molar-refractivity contribution in [1.29, 1.82) is 0 Å². The Labute approximate surface area is 134 Å². The van der Waals surface area contributed by atoms with Crippen LogP contribution in [0.15, 0.2) is 5.38 Å². The predicted octanol–water partition coefficient (Wildman–Crippen LogP) is 2.48. The molecule has 1 amide bonds. The van der Waals surface area contributed by atoms with E-state index in [9.17, 15) is 9.59 Å². The fraction of sp³-hybridized carbons (Fsp3) is 0.643. The van der Waals surface area contributed by atoms with Gasteiger partial charge in [0.15, 0.2) is 0 Å². The van der Waals surface area contributed by atoms with E-state index < -0.39 is 0 Å². The van der Waals surface area contributed by atoms with E-state index in [0.717, 1.165) is 10.7 Å². The van der Waals surface area contributed by atoms with Crippen LogP contribution in [0.3, 0.4) is 0 Å². The Balaban J connectivity index is 2.43. The molecule has 0 aliphatic rings. The van der Waals surface area contributed by atoms with Gasteiger partial charge >= 0.3 is 5.97 Å². The quantitative estimate of drug-likeness (QED) is 0.685. The average molecular weight is 330 g/mol. The molecule has 0 bridgehead atoms. The number of carbonyl (C=O) groups excluding carboxylic acids is 2. The summed E-state index contributed by atoms with van der Waals surface area (Å²) in [4.78, 5) is 29.6. The van der Waals surface area contributed by atoms with E-state index in [0.29, 0.717) is 18.1 Å². The first-order valence-electron chi connectivity index (χ1n) is 6.87. The summed E-state index contributed by atoms with van der Waals surface area (Å²) in [6.45, 7) is 7.85. The van der Waals surface area contributed by atoms with Gasteiger partial charge in [-0.1, -0.05) is 0 Å². The van der Waals surface area contributed by atoms with E-state index in [1.54, 1.807) is 23.2 Å². The fourth-order valence-corrected chi connectivity index (χ4v) is 3.22. The highest BCUT2D eigenvalue weighted by Crippen LogP contribution is 2.16. The van der Waals surface area contributed by atoms with Crippen molar-refractivity contribution in [3.63, 3.8) is 0 Å². The smallest absolute Gasteiger partial charge is 0.325 e. The summed E-state index contributed by atoms with van der Waals surface area (Å²) >= 11 is 3.12. The van der Waals surface area contributed by atoms with Crippen LogP contribution in [0.5, 0.6) is 0 Å². The van der Waals surface area contributed by atoms with Crippen molar-refractivity contribution >= 4 is 35.0 Å². The van der Waals surface area contributed by atoms with Gasteiger partial charge in [0.05, 0.1) is 23.1 Å². The van der Waals surface area contributed by atoms with Crippen molar-refractivity contribution in [3.05, 3.63) is 16.1 Å². The van der Waals surface area contributed by atoms with E-state index in [1.807, 2.05) is 26.2 Å². The molecule has 0 radical (unpaired) electrons. The molecule has 1 aromatic rings. The van der Waals surface area contributed by atoms with Crippen LogP contribution in [-0.2, 0) is 20.1 Å². The van der Waals surface area contributed by atoms with Crippen molar-refractivity contribution in [2.24, 2.45) is 0 Å². The molecule has 7 heteroatoms. The van der Waals surface area contributed by atoms with Gasteiger partial charge in [0.25, 0.3) is 0 Å². The fourth-order valence-electron chi connectivity index (χ4n) is 1.70. The zero-order valence-electron chi connectivity index (χ0n) is 12.9. The summed E-state index contributed by atoms with van der Waals surface area (Å²) in [6.07, 6.45) is 0. The minimum Gasteiger partial charge on any atom is -0.465 e. The van der Waals surface area contributed by atoms with Gasteiger partial charge in [0, 0.05) is 17.2 Å². The van der Waals surface area contributed by atoms with Gasteiger partial charge < -0.3 is 9.64 Å². The lowest BCUT2D eigenvalue weighted by Gasteiger charge is -2.25. The minimum absolute atomic E-state index is 0.0146. The third-order valence-electron chi connectivity index (χ3n) is 2.69. The molecule has 1 heterocycles. The number of rotatable bonds is 8. The van der Waals surface area contributed by atoms with Crippen LogP contribution in [0.2, 0.25) is 0 Å². The molecule has 0 fully saturated rings. The molecule has 0 aromatic carbocycles. The van der Waals surface area contributed by atoms with Crippen LogP contribution in [0.1, 0.15) is 31.5 Å². The lowest BCUT2D eigenvalue weighted by Crippen LogP contribution is -2.42. The van der Waals surface area contributed by atoms with Gasteiger partial charge in [-0.2, -0.15) is 0 Å². The molecule has 0 saturated carbocycles. The number of esters is 1. The molecular weight excluding hydrogens is 308 g/mol. The van der Waals surface area contributed by atoms with Crippen LogP contribution in [-0.4, -0.2) is 46.7 Å². The Kier molecular flexibility index (Phi) is 7.74. The summed E-state index contributed by atoms with van der Waals surface area (Å²) in [5.74, 6) is 0.643. The highest BCUT2D eigenvalue weighted by Gasteiger charge is 2.20. The SMILES string of the molecule is CCOC(=O)CN(C(=O)CSCc1csc(C)n1)C(C)C. The van der Waals surface area contributed by atoms with E-state index in [4.69, 9.17) is 4.74 Å². The van der Waals surface area contributed by atoms with Crippen LogP contribution in [0.25, 0.3) is 0 Å². The summed E-state index contributed by atoms with van der Waals surface area (Å²) in [7, 11) is 0. The van der Waals surface area contributed by atoms with E-state index in [1.165, 1.54) is 11.8 Å². The monoisotopic (exact) mass is 330 g/mol. The van der Waals surface area contributed by atoms with Crippen LogP contribution in [0.4, 0.5) is 0 Å². The molecule has 0 aliphatic heterocycles. The number of hydrogen-bond acceptors (Lipinski definition) is 6. The molecular formula is C14H22N2O3S2. The van der Waals surface area contributed by atoms with E-state index >= 15 is 0 Å². The molecule has 1 rings (SSSR count). The maximum Gasteiger partial charge on any atom is 0.325 e. The summed E-state index contributed by atoms with van der Waals surface area (Å²) in [5.41, 5.74) is 0.997. The second-order valence-corrected chi connectivity index (χ2v) is 6.82. The van der Waals surface area contributed by atoms with Gasteiger partial charge in [-0.3, -0.25) is 9.59 Å². The number of amides is 1. The lowest BCUT2D eigenvalue weighted by atomic mass is 10.3. The number of ether oxygens (including phenoxy) is 1. The van der Waals surface area contributed by atoms with Crippen LogP contribution < -0.4 is 0 Å². The molecule has 0 unspecified atom stereocenters. The summed E-state index contributed by atoms with van der Waals surface area (Å²) in [6, 6.07) is -0.0241. The van der Waals surface area contributed by atoms with Crippen LogP contribution in [0, 0.1) is 6.92 Å². The summed E-state index contributed by atoms with van der Waals surface area (Å²) < 4.78 is 4.90. The molecule has 0 saturated heterocycles. The zero-order chi connectivity index (χ0) is 15.8. The van der Waals surface area contributed by atoms with Gasteiger partial charge in [0.1, 0.15) is 6.54 Å². The topological polar surface area (TPSA) is 59.5 Å². The number of nitrogens with zero attached hydrogens (tertiary/aromatic N) is 2. The van der Waals surface area contributed by atoms with Crippen molar-refractivity contribution < 1.29 is 14.3 Å². The van der Waals surface area contributed by atoms with Gasteiger partial charge in [-0.05, 0) is 27.7 Å². The first kappa shape index (κ1) is 18.0. The number of aromatic nitrogens is 1. The number of carbonyl (C=O) groups is 2. The zero-order valence-corrected chi connectivity index (χ0v) is 14.6. The molecule has 1 aromatic heterocycles. The Bertz CT molecular complexity index is 475. The lowest BCUT2D eigenvalue weighted by molar-refractivity contribution is -0.149. The Morgan fingerprint density at radius 3 is 2.71 bits per heavy atom. The molecule has 0 N–H and O–H groups in total. The molecule has 0 spiro atoms. The standard InChI is InChI=1S/C14H22N2O3S2/c1-5-19-14(18)6-16(10(2)3)13(17)9-20-7-12-8-21-11(4)15-12/h8,10H,5-7,9H2,1-4H3. The predicted molar refractivity (Wildman–Crippen MR) is 86.5 cm³/mol. The van der Waals surface area contributed by atoms with Crippen molar-refractivity contribution in [2.75, 3.05) is 18.9 Å². The van der Waals surface area contributed by atoms with Gasteiger partial charge in [0.2, 0.25) is 5.91 Å². The Hall–Kier alpha value is -1.08. The molecule has 5 nitrogen and oxygen atoms in total. The number of thiazole rings is 1. The first-order valence-corrected chi connectivity index (χ1v) is 8.91. The number of hydrogen-bond donors (Lipinski definition) is 0. The largest absolute Gasteiger partial charge is 0.465 e. The maximum atomic E-state index is 12.2. The van der Waals surface area contributed by atoms with Crippen molar-refractivity contribution in [3.8, 4) is 0 Å². The number of thioether (sulfide) groups is 1. The molecule has 118 valence electrons. The average Bonchev–Trinajstić information content (AvgIpc) is 2.81. The third-order valence-corrected chi connectivity index (χ3v) is 4.46. The normalized spacial score (nSPS) is 10.7. The van der Waals surface area contributed by atoms with Gasteiger partial charge in [-0.25, -0.2) is 4.98 Å². The molecule has 0 atom stereocenters. The van der Waals surface area contributed by atoms with E-state index in [2.05, 4.69) is 4.98 Å². The minimum atomic E-state index is -0.361. The third kappa shape index (κ3) is 6.48. The second kappa shape index (κ2) is 9.04. The first-order chi connectivity index (χ1) is 9.93. The summed E-state index contributed by atoms with van der Waals surface area (Å²) in [5, 5.41) is 3.04. The van der Waals surface area contributed by atoms with Crippen molar-refractivity contribution in [2.45, 2.75) is 39.5 Å². The van der Waals surface area contributed by atoms with Crippen LogP contribution >= 0.6 is 23.1 Å². The van der Waals surface area contributed by atoms with Gasteiger partial charge in [-0.15, -0.1) is 23.1 Å².